The van der Waals surface area contributed by atoms with Gasteiger partial charge in [0, 0.05) is 18.7 Å². The Morgan fingerprint density at radius 3 is 2.94 bits per heavy atom. The highest BCUT2D eigenvalue weighted by Crippen LogP contribution is 2.18. The van der Waals surface area contributed by atoms with Crippen LogP contribution in [0.25, 0.3) is 0 Å². The van der Waals surface area contributed by atoms with Gasteiger partial charge in [0.2, 0.25) is 0 Å². The Kier molecular flexibility index (Phi) is 3.66. The number of aromatic amines is 1. The molecule has 0 saturated carbocycles. The Morgan fingerprint density at radius 1 is 1.59 bits per heavy atom. The minimum absolute atomic E-state index is 0.0177. The summed E-state index contributed by atoms with van der Waals surface area (Å²) in [6.07, 6.45) is 4.81. The van der Waals surface area contributed by atoms with Crippen LogP contribution in [0.1, 0.15) is 32.3 Å². The van der Waals surface area contributed by atoms with Gasteiger partial charge in [-0.15, -0.1) is 0 Å². The second-order valence-electron chi connectivity index (χ2n) is 4.72. The zero-order valence-corrected chi connectivity index (χ0v) is 10.5. The molecule has 0 spiro atoms. The van der Waals surface area contributed by atoms with Crippen molar-refractivity contribution in [2.45, 2.75) is 33.1 Å². The first kappa shape index (κ1) is 12.0. The van der Waals surface area contributed by atoms with Gasteiger partial charge in [0.15, 0.2) is 0 Å². The number of aryl methyl sites for hydroxylation is 1. The summed E-state index contributed by atoms with van der Waals surface area (Å²) in [5.74, 6) is 1.47. The Morgan fingerprint density at radius 2 is 2.29 bits per heavy atom. The van der Waals surface area contributed by atoms with E-state index in [0.29, 0.717) is 0 Å². The first-order chi connectivity index (χ1) is 8.20. The number of carbonyl (C=O) groups excluding carboxylic acids is 1. The van der Waals surface area contributed by atoms with E-state index in [1.165, 1.54) is 0 Å². The lowest BCUT2D eigenvalue weighted by Gasteiger charge is -2.30. The van der Waals surface area contributed by atoms with E-state index in [1.807, 2.05) is 11.8 Å². The van der Waals surface area contributed by atoms with Crippen LogP contribution in [0, 0.1) is 5.92 Å². The van der Waals surface area contributed by atoms with E-state index in [9.17, 15) is 4.79 Å². The van der Waals surface area contributed by atoms with E-state index in [2.05, 4.69) is 22.4 Å². The van der Waals surface area contributed by atoms with Crippen molar-refractivity contribution in [2.24, 2.45) is 5.92 Å². The van der Waals surface area contributed by atoms with Crippen molar-refractivity contribution in [1.29, 1.82) is 0 Å². The summed E-state index contributed by atoms with van der Waals surface area (Å²) in [5, 5.41) is 9.67. The summed E-state index contributed by atoms with van der Waals surface area (Å²) in [7, 11) is 0. The number of anilines is 1. The number of aromatic nitrogens is 2. The molecule has 0 bridgehead atoms. The molecule has 2 heterocycles. The van der Waals surface area contributed by atoms with Crippen molar-refractivity contribution in [3.63, 3.8) is 0 Å². The van der Waals surface area contributed by atoms with Gasteiger partial charge in [0.05, 0.1) is 6.20 Å². The van der Waals surface area contributed by atoms with Crippen molar-refractivity contribution < 1.29 is 4.79 Å². The van der Waals surface area contributed by atoms with Gasteiger partial charge in [-0.2, -0.15) is 5.10 Å². The summed E-state index contributed by atoms with van der Waals surface area (Å²) < 4.78 is 0. The third-order valence-electron chi connectivity index (χ3n) is 3.40. The molecule has 0 unspecified atom stereocenters. The van der Waals surface area contributed by atoms with Gasteiger partial charge in [0.1, 0.15) is 5.82 Å². The minimum atomic E-state index is -0.0177. The van der Waals surface area contributed by atoms with E-state index in [-0.39, 0.29) is 6.03 Å². The number of nitrogens with one attached hydrogen (secondary N) is 2. The largest absolute Gasteiger partial charge is 0.324 e. The number of hydrogen-bond donors (Lipinski definition) is 2. The summed E-state index contributed by atoms with van der Waals surface area (Å²) in [6, 6.07) is -0.0177. The lowest BCUT2D eigenvalue weighted by atomic mass is 10.00. The smallest absolute Gasteiger partial charge is 0.323 e. The second-order valence-corrected chi connectivity index (χ2v) is 4.72. The van der Waals surface area contributed by atoms with Crippen molar-refractivity contribution >= 4 is 11.8 Å². The molecule has 17 heavy (non-hydrogen) atoms. The summed E-state index contributed by atoms with van der Waals surface area (Å²) >= 11 is 0. The number of likely N-dealkylation sites (tertiary alicyclic amines) is 1. The highest BCUT2D eigenvalue weighted by atomic mass is 16.2. The van der Waals surface area contributed by atoms with E-state index < -0.39 is 0 Å². The third kappa shape index (κ3) is 2.78. The normalized spacial score (nSPS) is 17.2. The minimum Gasteiger partial charge on any atom is -0.324 e. The fourth-order valence-electron chi connectivity index (χ4n) is 2.09. The molecule has 2 N–H and O–H groups in total. The number of rotatable bonds is 2. The number of nitrogens with zero attached hydrogens (tertiary/aromatic N) is 2. The molecule has 1 aromatic heterocycles. The Balaban J connectivity index is 1.93. The monoisotopic (exact) mass is 236 g/mol. The maximum absolute atomic E-state index is 12.0. The average molecular weight is 236 g/mol. The molecular weight excluding hydrogens is 216 g/mol. The molecule has 0 aromatic carbocycles. The molecule has 5 nitrogen and oxygen atoms in total. The lowest BCUT2D eigenvalue weighted by Crippen LogP contribution is -2.40. The lowest BCUT2D eigenvalue weighted by molar-refractivity contribution is 0.186. The number of urea groups is 1. The molecule has 0 aliphatic carbocycles. The van der Waals surface area contributed by atoms with Gasteiger partial charge in [-0.05, 0) is 25.2 Å². The zero-order chi connectivity index (χ0) is 12.3. The maximum atomic E-state index is 12.0. The van der Waals surface area contributed by atoms with Crippen LogP contribution in [0.4, 0.5) is 10.6 Å². The first-order valence-electron chi connectivity index (χ1n) is 6.29. The molecule has 94 valence electrons. The highest BCUT2D eigenvalue weighted by molar-refractivity contribution is 5.89. The van der Waals surface area contributed by atoms with Crippen LogP contribution in [0.3, 0.4) is 0 Å². The van der Waals surface area contributed by atoms with Gasteiger partial charge < -0.3 is 4.90 Å². The van der Waals surface area contributed by atoms with E-state index >= 15 is 0 Å². The van der Waals surface area contributed by atoms with Crippen LogP contribution < -0.4 is 5.32 Å². The van der Waals surface area contributed by atoms with E-state index in [0.717, 1.165) is 49.7 Å². The number of hydrogen-bond acceptors (Lipinski definition) is 2. The van der Waals surface area contributed by atoms with E-state index in [4.69, 9.17) is 0 Å². The van der Waals surface area contributed by atoms with Gasteiger partial charge in [-0.1, -0.05) is 13.8 Å². The van der Waals surface area contributed by atoms with Crippen LogP contribution in [-0.2, 0) is 6.42 Å². The molecule has 1 aliphatic heterocycles. The van der Waals surface area contributed by atoms with Crippen molar-refractivity contribution in [3.8, 4) is 0 Å². The summed E-state index contributed by atoms with van der Waals surface area (Å²) in [6.45, 7) is 5.98. The zero-order valence-electron chi connectivity index (χ0n) is 10.5. The molecule has 2 rings (SSSR count). The number of carbonyl (C=O) groups is 1. The van der Waals surface area contributed by atoms with Crippen molar-refractivity contribution in [3.05, 3.63) is 11.8 Å². The fraction of sp³-hybridized carbons (Fsp3) is 0.667. The van der Waals surface area contributed by atoms with Gasteiger partial charge in [-0.3, -0.25) is 10.4 Å². The van der Waals surface area contributed by atoms with Gasteiger partial charge >= 0.3 is 6.03 Å². The topological polar surface area (TPSA) is 61.0 Å². The van der Waals surface area contributed by atoms with Gasteiger partial charge in [0.25, 0.3) is 0 Å². The SMILES string of the molecule is CCc1cn[nH]c1NC(=O)N1CCC(C)CC1. The predicted octanol–water partition coefficient (Wildman–Crippen LogP) is 2.24. The highest BCUT2D eigenvalue weighted by Gasteiger charge is 2.20. The van der Waals surface area contributed by atoms with Crippen LogP contribution in [-0.4, -0.2) is 34.2 Å². The molecule has 5 heteroatoms. The predicted molar refractivity (Wildman–Crippen MR) is 67.0 cm³/mol. The molecule has 1 aromatic rings. The molecule has 0 radical (unpaired) electrons. The van der Waals surface area contributed by atoms with E-state index in [1.54, 1.807) is 6.20 Å². The Labute approximate surface area is 102 Å². The molecule has 1 saturated heterocycles. The van der Waals surface area contributed by atoms with Crippen LogP contribution in [0.5, 0.6) is 0 Å². The van der Waals surface area contributed by atoms with Crippen LogP contribution >= 0.6 is 0 Å². The van der Waals surface area contributed by atoms with Crippen molar-refractivity contribution in [1.82, 2.24) is 15.1 Å². The van der Waals surface area contributed by atoms with Crippen LogP contribution in [0.15, 0.2) is 6.20 Å². The number of amides is 2. The standard InChI is InChI=1S/C12H20N4O/c1-3-10-8-13-15-11(10)14-12(17)16-6-4-9(2)5-7-16/h8-9H,3-7H2,1-2H3,(H2,13,14,15,17). The molecule has 1 aliphatic rings. The van der Waals surface area contributed by atoms with Crippen LogP contribution in [0.2, 0.25) is 0 Å². The quantitative estimate of drug-likeness (QED) is 0.827. The number of piperidine rings is 1. The molecule has 1 fully saturated rings. The summed E-state index contributed by atoms with van der Waals surface area (Å²) in [5.41, 5.74) is 1.05. The molecular formula is C12H20N4O. The molecule has 2 amide bonds. The fourth-order valence-corrected chi connectivity index (χ4v) is 2.09. The Bertz CT molecular complexity index is 380. The number of H-pyrrole nitrogens is 1. The second kappa shape index (κ2) is 5.21. The Hall–Kier alpha value is -1.52. The van der Waals surface area contributed by atoms with Gasteiger partial charge in [-0.25, -0.2) is 4.79 Å². The average Bonchev–Trinajstić information content (AvgIpc) is 2.77. The van der Waals surface area contributed by atoms with Crippen molar-refractivity contribution in [2.75, 3.05) is 18.4 Å². The third-order valence-corrected chi connectivity index (χ3v) is 3.40. The molecule has 0 atom stereocenters. The maximum Gasteiger partial charge on any atom is 0.323 e. The first-order valence-corrected chi connectivity index (χ1v) is 6.29. The summed E-state index contributed by atoms with van der Waals surface area (Å²) in [4.78, 5) is 13.9.